The molecule has 76 valence electrons. The van der Waals surface area contributed by atoms with Gasteiger partial charge in [0.15, 0.2) is 0 Å². The van der Waals surface area contributed by atoms with E-state index in [9.17, 15) is 5.11 Å². The van der Waals surface area contributed by atoms with Crippen LogP contribution in [0.1, 0.15) is 0 Å². The fourth-order valence-electron chi connectivity index (χ4n) is 1.61. The Hall–Kier alpha value is -1.42. The van der Waals surface area contributed by atoms with Gasteiger partial charge in [0.1, 0.15) is 5.75 Å². The summed E-state index contributed by atoms with van der Waals surface area (Å²) in [5.41, 5.74) is 6.97. The second-order valence-electron chi connectivity index (χ2n) is 3.35. The SMILES string of the molecule is Nc1ccc(N2CCOCC2)c(O)c1. The first-order valence-electron chi connectivity index (χ1n) is 4.68. The molecular weight excluding hydrogens is 180 g/mol. The smallest absolute Gasteiger partial charge is 0.140 e. The highest BCUT2D eigenvalue weighted by Crippen LogP contribution is 2.29. The lowest BCUT2D eigenvalue weighted by molar-refractivity contribution is 0.122. The van der Waals surface area contributed by atoms with Crippen LogP contribution in [0.5, 0.6) is 5.75 Å². The van der Waals surface area contributed by atoms with Crippen LogP contribution in [0.3, 0.4) is 0 Å². The molecule has 0 spiro atoms. The number of anilines is 2. The normalized spacial score (nSPS) is 17.0. The van der Waals surface area contributed by atoms with Gasteiger partial charge >= 0.3 is 0 Å². The minimum absolute atomic E-state index is 0.243. The number of ether oxygens (including phenoxy) is 1. The molecule has 1 aliphatic heterocycles. The monoisotopic (exact) mass is 194 g/mol. The van der Waals surface area contributed by atoms with Crippen LogP contribution in [0.15, 0.2) is 18.2 Å². The molecule has 1 aromatic rings. The van der Waals surface area contributed by atoms with Gasteiger partial charge in [0, 0.05) is 24.8 Å². The van der Waals surface area contributed by atoms with Crippen molar-refractivity contribution in [3.63, 3.8) is 0 Å². The molecule has 0 radical (unpaired) electrons. The minimum Gasteiger partial charge on any atom is -0.506 e. The number of nitrogen functional groups attached to an aromatic ring is 1. The van der Waals surface area contributed by atoms with Crippen molar-refractivity contribution in [2.45, 2.75) is 0 Å². The average molecular weight is 194 g/mol. The standard InChI is InChI=1S/C10H14N2O2/c11-8-1-2-9(10(13)7-8)12-3-5-14-6-4-12/h1-2,7,13H,3-6,11H2. The van der Waals surface area contributed by atoms with Gasteiger partial charge in [-0.15, -0.1) is 0 Å². The number of nitrogens with zero attached hydrogens (tertiary/aromatic N) is 1. The fraction of sp³-hybridized carbons (Fsp3) is 0.400. The fourth-order valence-corrected chi connectivity index (χ4v) is 1.61. The highest BCUT2D eigenvalue weighted by Gasteiger charge is 2.14. The zero-order chi connectivity index (χ0) is 9.97. The Kier molecular flexibility index (Phi) is 2.45. The van der Waals surface area contributed by atoms with E-state index in [0.29, 0.717) is 18.9 Å². The summed E-state index contributed by atoms with van der Waals surface area (Å²) in [6.07, 6.45) is 0. The van der Waals surface area contributed by atoms with Crippen LogP contribution in [-0.2, 0) is 4.74 Å². The van der Waals surface area contributed by atoms with Gasteiger partial charge in [-0.05, 0) is 12.1 Å². The van der Waals surface area contributed by atoms with Gasteiger partial charge in [-0.25, -0.2) is 0 Å². The molecule has 0 amide bonds. The summed E-state index contributed by atoms with van der Waals surface area (Å²) in [5.74, 6) is 0.243. The predicted molar refractivity (Wildman–Crippen MR) is 55.6 cm³/mol. The van der Waals surface area contributed by atoms with E-state index in [4.69, 9.17) is 10.5 Å². The van der Waals surface area contributed by atoms with Crippen molar-refractivity contribution in [3.8, 4) is 5.75 Å². The quantitative estimate of drug-likeness (QED) is 0.649. The van der Waals surface area contributed by atoms with Crippen molar-refractivity contribution in [3.05, 3.63) is 18.2 Å². The van der Waals surface area contributed by atoms with Crippen LogP contribution in [0, 0.1) is 0 Å². The first-order chi connectivity index (χ1) is 6.77. The van der Waals surface area contributed by atoms with Gasteiger partial charge in [0.2, 0.25) is 0 Å². The van der Waals surface area contributed by atoms with Crippen LogP contribution in [0.25, 0.3) is 0 Å². The molecular formula is C10H14N2O2. The topological polar surface area (TPSA) is 58.7 Å². The van der Waals surface area contributed by atoms with E-state index >= 15 is 0 Å². The average Bonchev–Trinajstić information content (AvgIpc) is 2.19. The van der Waals surface area contributed by atoms with E-state index < -0.39 is 0 Å². The zero-order valence-electron chi connectivity index (χ0n) is 7.94. The Labute approximate surface area is 82.9 Å². The summed E-state index contributed by atoms with van der Waals surface area (Å²) in [7, 11) is 0. The second-order valence-corrected chi connectivity index (χ2v) is 3.35. The van der Waals surface area contributed by atoms with Gasteiger partial charge in [0.25, 0.3) is 0 Å². The summed E-state index contributed by atoms with van der Waals surface area (Å²) in [6.45, 7) is 3.06. The number of morpholine rings is 1. The van der Waals surface area contributed by atoms with Gasteiger partial charge in [0.05, 0.1) is 18.9 Å². The molecule has 1 saturated heterocycles. The number of benzene rings is 1. The van der Waals surface area contributed by atoms with Crippen LogP contribution >= 0.6 is 0 Å². The molecule has 4 heteroatoms. The molecule has 14 heavy (non-hydrogen) atoms. The van der Waals surface area contributed by atoms with E-state index in [0.717, 1.165) is 18.8 Å². The largest absolute Gasteiger partial charge is 0.506 e. The third-order valence-corrected chi connectivity index (χ3v) is 2.35. The van der Waals surface area contributed by atoms with Crippen molar-refractivity contribution in [2.24, 2.45) is 0 Å². The van der Waals surface area contributed by atoms with Crippen molar-refractivity contribution >= 4 is 11.4 Å². The van der Waals surface area contributed by atoms with Crippen LogP contribution in [0.4, 0.5) is 11.4 Å². The van der Waals surface area contributed by atoms with E-state index in [1.165, 1.54) is 0 Å². The summed E-state index contributed by atoms with van der Waals surface area (Å²) in [4.78, 5) is 2.10. The first kappa shape index (κ1) is 9.15. The Morgan fingerprint density at radius 3 is 2.64 bits per heavy atom. The Balaban J connectivity index is 2.22. The molecule has 0 bridgehead atoms. The molecule has 1 heterocycles. The molecule has 2 rings (SSSR count). The molecule has 4 nitrogen and oxygen atoms in total. The van der Waals surface area contributed by atoms with Crippen molar-refractivity contribution in [1.82, 2.24) is 0 Å². The number of aromatic hydroxyl groups is 1. The molecule has 0 atom stereocenters. The van der Waals surface area contributed by atoms with E-state index in [1.807, 2.05) is 6.07 Å². The Bertz CT molecular complexity index is 322. The van der Waals surface area contributed by atoms with E-state index in [2.05, 4.69) is 4.90 Å². The van der Waals surface area contributed by atoms with Crippen LogP contribution in [0.2, 0.25) is 0 Å². The number of phenolic OH excluding ortho intramolecular Hbond substituents is 1. The van der Waals surface area contributed by atoms with Gasteiger partial charge in [-0.2, -0.15) is 0 Å². The van der Waals surface area contributed by atoms with Gasteiger partial charge in [-0.3, -0.25) is 0 Å². The lowest BCUT2D eigenvalue weighted by Crippen LogP contribution is -2.36. The highest BCUT2D eigenvalue weighted by atomic mass is 16.5. The number of hydrogen-bond donors (Lipinski definition) is 2. The first-order valence-corrected chi connectivity index (χ1v) is 4.68. The van der Waals surface area contributed by atoms with Gasteiger partial charge in [-0.1, -0.05) is 0 Å². The summed E-state index contributed by atoms with van der Waals surface area (Å²) in [5, 5.41) is 9.68. The van der Waals surface area contributed by atoms with Crippen molar-refractivity contribution < 1.29 is 9.84 Å². The Morgan fingerprint density at radius 1 is 1.29 bits per heavy atom. The number of hydrogen-bond acceptors (Lipinski definition) is 4. The zero-order valence-corrected chi connectivity index (χ0v) is 7.94. The molecule has 1 aliphatic rings. The van der Waals surface area contributed by atoms with Crippen LogP contribution in [-0.4, -0.2) is 31.4 Å². The molecule has 0 aromatic heterocycles. The maximum Gasteiger partial charge on any atom is 0.140 e. The summed E-state index contributed by atoms with van der Waals surface area (Å²) in [6, 6.07) is 5.21. The van der Waals surface area contributed by atoms with E-state index in [1.54, 1.807) is 12.1 Å². The van der Waals surface area contributed by atoms with Crippen LogP contribution < -0.4 is 10.6 Å². The predicted octanol–water partition coefficient (Wildman–Crippen LogP) is 0.811. The Morgan fingerprint density at radius 2 is 2.00 bits per heavy atom. The minimum atomic E-state index is 0.243. The maximum absolute atomic E-state index is 9.68. The third kappa shape index (κ3) is 1.75. The highest BCUT2D eigenvalue weighted by molar-refractivity contribution is 5.63. The molecule has 0 saturated carbocycles. The van der Waals surface area contributed by atoms with Gasteiger partial charge < -0.3 is 20.5 Å². The lowest BCUT2D eigenvalue weighted by Gasteiger charge is -2.29. The third-order valence-electron chi connectivity index (χ3n) is 2.35. The maximum atomic E-state index is 9.68. The van der Waals surface area contributed by atoms with Crippen molar-refractivity contribution in [1.29, 1.82) is 0 Å². The summed E-state index contributed by atoms with van der Waals surface area (Å²) < 4.78 is 5.24. The number of nitrogens with two attached hydrogens (primary N) is 1. The second kappa shape index (κ2) is 3.75. The molecule has 0 unspecified atom stereocenters. The molecule has 1 aromatic carbocycles. The van der Waals surface area contributed by atoms with Crippen molar-refractivity contribution in [2.75, 3.05) is 36.9 Å². The molecule has 1 fully saturated rings. The summed E-state index contributed by atoms with van der Waals surface area (Å²) >= 11 is 0. The molecule has 0 aliphatic carbocycles. The number of rotatable bonds is 1. The molecule has 3 N–H and O–H groups in total. The number of phenols is 1. The van der Waals surface area contributed by atoms with E-state index in [-0.39, 0.29) is 5.75 Å². The lowest BCUT2D eigenvalue weighted by atomic mass is 10.2.